The number of hydrogen-bond donors (Lipinski definition) is 1. The molecule has 41 heavy (non-hydrogen) atoms. The minimum absolute atomic E-state index is 0.0123. The molecule has 1 N–H and O–H groups in total. The Hall–Kier alpha value is -4.35. The van der Waals surface area contributed by atoms with Crippen LogP contribution in [0.25, 0.3) is 0 Å². The average molecular weight is 570 g/mol. The second-order valence-corrected chi connectivity index (χ2v) is 10.1. The highest BCUT2D eigenvalue weighted by molar-refractivity contribution is 6.04. The summed E-state index contributed by atoms with van der Waals surface area (Å²) >= 11 is 0. The molecule has 2 aromatic rings. The Morgan fingerprint density at radius 1 is 0.951 bits per heavy atom. The molecular weight excluding hydrogens is 539 g/mol. The van der Waals surface area contributed by atoms with E-state index in [9.17, 15) is 32.3 Å². The van der Waals surface area contributed by atoms with E-state index in [4.69, 9.17) is 0 Å². The van der Waals surface area contributed by atoms with E-state index in [2.05, 4.69) is 5.32 Å². The summed E-state index contributed by atoms with van der Waals surface area (Å²) in [5.41, 5.74) is -0.368. The van der Waals surface area contributed by atoms with Crippen molar-refractivity contribution in [3.05, 3.63) is 82.6 Å². The number of alkyl halides is 3. The first kappa shape index (κ1) is 28.2. The zero-order valence-corrected chi connectivity index (χ0v) is 22.6. The van der Waals surface area contributed by atoms with Crippen LogP contribution >= 0.6 is 0 Å². The van der Waals surface area contributed by atoms with Gasteiger partial charge in [-0.1, -0.05) is 48.5 Å². The number of halogens is 3. The lowest BCUT2D eigenvalue weighted by atomic mass is 9.91. The number of benzene rings is 2. The van der Waals surface area contributed by atoms with Crippen LogP contribution < -0.4 is 5.32 Å². The molecule has 1 fully saturated rings. The Morgan fingerprint density at radius 2 is 1.56 bits per heavy atom. The van der Waals surface area contributed by atoms with Crippen LogP contribution in [0.1, 0.15) is 42.6 Å². The summed E-state index contributed by atoms with van der Waals surface area (Å²) in [7, 11) is 0. The zero-order chi connectivity index (χ0) is 29.5. The van der Waals surface area contributed by atoms with Crippen LogP contribution in [-0.4, -0.2) is 82.6 Å². The molecule has 0 aromatic heterocycles. The Kier molecular flexibility index (Phi) is 7.50. The lowest BCUT2D eigenvalue weighted by molar-refractivity contribution is -0.146. The number of carbonyl (C=O) groups excluding carboxylic acids is 4. The van der Waals surface area contributed by atoms with Gasteiger partial charge in [-0.15, -0.1) is 0 Å². The lowest BCUT2D eigenvalue weighted by Gasteiger charge is -2.38. The molecule has 3 aliphatic rings. The highest BCUT2D eigenvalue weighted by atomic mass is 19.4. The molecule has 0 aliphatic carbocycles. The van der Waals surface area contributed by atoms with Crippen LogP contribution in [0.2, 0.25) is 0 Å². The van der Waals surface area contributed by atoms with Crippen molar-refractivity contribution in [3.8, 4) is 0 Å². The fraction of sp³-hybridized carbons (Fsp3) is 0.379. The second kappa shape index (κ2) is 10.9. The fourth-order valence-electron chi connectivity index (χ4n) is 5.80. The summed E-state index contributed by atoms with van der Waals surface area (Å²) in [6.07, 6.45) is -4.71. The van der Waals surface area contributed by atoms with Crippen molar-refractivity contribution in [3.63, 3.8) is 0 Å². The number of nitrogens with one attached hydrogen (secondary N) is 1. The maximum absolute atomic E-state index is 14.2. The van der Waals surface area contributed by atoms with Gasteiger partial charge in [0.15, 0.2) is 0 Å². The van der Waals surface area contributed by atoms with Crippen molar-refractivity contribution in [2.75, 3.05) is 39.3 Å². The maximum atomic E-state index is 14.2. The van der Waals surface area contributed by atoms with Crippen molar-refractivity contribution < 1.29 is 32.3 Å². The van der Waals surface area contributed by atoms with E-state index in [1.54, 1.807) is 47.1 Å². The van der Waals surface area contributed by atoms with Crippen LogP contribution in [0.4, 0.5) is 18.0 Å². The number of hydrogen-bond acceptors (Lipinski definition) is 4. The number of rotatable bonds is 5. The first-order chi connectivity index (χ1) is 19.5. The van der Waals surface area contributed by atoms with E-state index >= 15 is 0 Å². The van der Waals surface area contributed by atoms with Crippen LogP contribution in [0.5, 0.6) is 0 Å². The third kappa shape index (κ3) is 5.14. The number of piperazine rings is 1. The van der Waals surface area contributed by atoms with Gasteiger partial charge in [0.05, 0.1) is 29.4 Å². The third-order valence-corrected chi connectivity index (χ3v) is 7.84. The predicted octanol–water partition coefficient (Wildman–Crippen LogP) is 3.32. The molecule has 2 aromatic carbocycles. The molecule has 9 nitrogen and oxygen atoms in total. The SMILES string of the molecule is CCN1C(=O)N[C@@H](c2ccccc2C(F)(F)F)C2=C1CN([C@H](C(=O)N1CCN(C(C)=O)CC1)c1ccccc1)C2=O. The topological polar surface area (TPSA) is 93.3 Å². The van der Waals surface area contributed by atoms with Gasteiger partial charge in [-0.05, 0) is 24.1 Å². The van der Waals surface area contributed by atoms with Gasteiger partial charge in [-0.2, -0.15) is 13.2 Å². The van der Waals surface area contributed by atoms with Crippen molar-refractivity contribution >= 4 is 23.8 Å². The van der Waals surface area contributed by atoms with Gasteiger partial charge in [0.25, 0.3) is 5.91 Å². The maximum Gasteiger partial charge on any atom is 0.416 e. The predicted molar refractivity (Wildman–Crippen MR) is 142 cm³/mol. The lowest BCUT2D eigenvalue weighted by Crippen LogP contribution is -2.53. The molecule has 5 rings (SSSR count). The normalized spacial score (nSPS) is 20.3. The molecule has 1 saturated heterocycles. The first-order valence-electron chi connectivity index (χ1n) is 13.4. The Morgan fingerprint density at radius 3 is 2.17 bits per heavy atom. The summed E-state index contributed by atoms with van der Waals surface area (Å²) in [6, 6.07) is 10.5. The number of nitrogens with zero attached hydrogens (tertiary/aromatic N) is 4. The molecule has 12 heteroatoms. The molecule has 0 bridgehead atoms. The molecule has 0 spiro atoms. The summed E-state index contributed by atoms with van der Waals surface area (Å²) in [5.74, 6) is -1.07. The number of amides is 5. The van der Waals surface area contributed by atoms with Crippen LogP contribution in [0.15, 0.2) is 65.9 Å². The minimum Gasteiger partial charge on any atom is -0.339 e. The van der Waals surface area contributed by atoms with E-state index in [1.165, 1.54) is 34.9 Å². The van der Waals surface area contributed by atoms with E-state index < -0.39 is 35.8 Å². The number of urea groups is 1. The van der Waals surface area contributed by atoms with Crippen molar-refractivity contribution in [1.29, 1.82) is 0 Å². The zero-order valence-electron chi connectivity index (χ0n) is 22.6. The van der Waals surface area contributed by atoms with Gasteiger partial charge in [-0.3, -0.25) is 19.3 Å². The fourth-order valence-corrected chi connectivity index (χ4v) is 5.80. The van der Waals surface area contributed by atoms with Gasteiger partial charge in [-0.25, -0.2) is 4.79 Å². The molecular formula is C29H30F3N5O4. The summed E-state index contributed by atoms with van der Waals surface area (Å²) in [6.45, 7) is 4.48. The van der Waals surface area contributed by atoms with Crippen molar-refractivity contribution in [2.24, 2.45) is 0 Å². The van der Waals surface area contributed by atoms with Gasteiger partial charge < -0.3 is 20.0 Å². The van der Waals surface area contributed by atoms with Crippen LogP contribution in [-0.2, 0) is 20.6 Å². The van der Waals surface area contributed by atoms with E-state index in [0.717, 1.165) is 6.07 Å². The minimum atomic E-state index is -4.71. The van der Waals surface area contributed by atoms with Crippen molar-refractivity contribution in [1.82, 2.24) is 24.9 Å². The standard InChI is InChI=1S/C29H30F3N5O4/c1-3-36-22-17-37(25(19-9-5-4-6-10-19)27(40)35-15-13-34(14-16-35)18(2)38)26(39)23(22)24(33-28(36)41)20-11-7-8-12-21(20)29(30,31)32/h4-12,24-25H,3,13-17H2,1-2H3,(H,33,41)/t24-,25-/m0/s1. The summed E-state index contributed by atoms with van der Waals surface area (Å²) in [4.78, 5) is 59.0. The largest absolute Gasteiger partial charge is 0.416 e. The van der Waals surface area contributed by atoms with Crippen molar-refractivity contribution in [2.45, 2.75) is 32.1 Å². The Balaban J connectivity index is 1.55. The summed E-state index contributed by atoms with van der Waals surface area (Å²) < 4.78 is 42.0. The quantitative estimate of drug-likeness (QED) is 0.598. The summed E-state index contributed by atoms with van der Waals surface area (Å²) in [5, 5.41) is 2.60. The molecule has 5 amide bonds. The first-order valence-corrected chi connectivity index (χ1v) is 13.4. The monoisotopic (exact) mass is 569 g/mol. The van der Waals surface area contributed by atoms with E-state index in [-0.39, 0.29) is 54.8 Å². The molecule has 216 valence electrons. The molecule has 3 heterocycles. The Labute approximate surface area is 235 Å². The highest BCUT2D eigenvalue weighted by Crippen LogP contribution is 2.43. The highest BCUT2D eigenvalue weighted by Gasteiger charge is 2.49. The molecule has 3 aliphatic heterocycles. The molecule has 2 atom stereocenters. The number of carbonyl (C=O) groups is 4. The molecule has 0 unspecified atom stereocenters. The molecule has 0 radical (unpaired) electrons. The van der Waals surface area contributed by atoms with Gasteiger partial charge in [0.1, 0.15) is 6.04 Å². The second-order valence-electron chi connectivity index (χ2n) is 10.1. The average Bonchev–Trinajstić information content (AvgIpc) is 3.29. The van der Waals surface area contributed by atoms with E-state index in [0.29, 0.717) is 18.7 Å². The third-order valence-electron chi connectivity index (χ3n) is 7.84. The molecule has 0 saturated carbocycles. The van der Waals surface area contributed by atoms with Crippen LogP contribution in [0.3, 0.4) is 0 Å². The smallest absolute Gasteiger partial charge is 0.339 e. The van der Waals surface area contributed by atoms with Gasteiger partial charge in [0.2, 0.25) is 11.8 Å². The van der Waals surface area contributed by atoms with Gasteiger partial charge >= 0.3 is 12.2 Å². The van der Waals surface area contributed by atoms with Crippen LogP contribution in [0, 0.1) is 0 Å². The Bertz CT molecular complexity index is 1400. The van der Waals surface area contributed by atoms with E-state index in [1.807, 2.05) is 0 Å². The van der Waals surface area contributed by atoms with Gasteiger partial charge in [0, 0.05) is 39.6 Å². The number of likely N-dealkylation sites (N-methyl/N-ethyl adjacent to an activating group) is 1.